The third-order valence-corrected chi connectivity index (χ3v) is 4.77. The van der Waals surface area contributed by atoms with E-state index in [1.807, 2.05) is 12.1 Å². The lowest BCUT2D eigenvalue weighted by Crippen LogP contribution is -2.37. The molecule has 0 atom stereocenters. The van der Waals surface area contributed by atoms with Gasteiger partial charge in [0.25, 0.3) is 0 Å². The van der Waals surface area contributed by atoms with Crippen LogP contribution in [0, 0.1) is 0 Å². The first-order valence-corrected chi connectivity index (χ1v) is 8.98. The zero-order chi connectivity index (χ0) is 19.4. The van der Waals surface area contributed by atoms with E-state index in [0.29, 0.717) is 23.5 Å². The summed E-state index contributed by atoms with van der Waals surface area (Å²) in [5.74, 6) is -0.352. The van der Waals surface area contributed by atoms with E-state index < -0.39 is 12.3 Å². The molecule has 0 unspecified atom stereocenters. The van der Waals surface area contributed by atoms with Gasteiger partial charge in [-0.1, -0.05) is 12.1 Å². The fourth-order valence-electron chi connectivity index (χ4n) is 2.58. The van der Waals surface area contributed by atoms with Crippen LogP contribution >= 0.6 is 11.8 Å². The second kappa shape index (κ2) is 7.91. The summed E-state index contributed by atoms with van der Waals surface area (Å²) in [5.41, 5.74) is 0.980. The molecule has 2 aromatic carbocycles. The van der Waals surface area contributed by atoms with Gasteiger partial charge in [-0.25, -0.2) is 0 Å². The van der Waals surface area contributed by atoms with Crippen molar-refractivity contribution in [2.75, 3.05) is 22.5 Å². The Kier molecular flexibility index (Phi) is 5.59. The molecule has 0 radical (unpaired) electrons. The molecule has 142 valence electrons. The minimum Gasteiger partial charge on any atom is -0.406 e. The number of para-hydroxylation sites is 1. The van der Waals surface area contributed by atoms with Crippen molar-refractivity contribution in [2.45, 2.75) is 17.7 Å². The number of hydrogen-bond acceptors (Lipinski definition) is 4. The van der Waals surface area contributed by atoms with Gasteiger partial charge >= 0.3 is 6.36 Å². The number of amides is 2. The largest absolute Gasteiger partial charge is 0.573 e. The Morgan fingerprint density at radius 2 is 1.85 bits per heavy atom. The first-order chi connectivity index (χ1) is 12.8. The van der Waals surface area contributed by atoms with Crippen LogP contribution in [-0.2, 0) is 9.59 Å². The molecule has 0 aliphatic carbocycles. The summed E-state index contributed by atoms with van der Waals surface area (Å²) in [6, 6.07) is 12.1. The number of nitrogens with one attached hydrogen (secondary N) is 1. The molecule has 1 N–H and O–H groups in total. The minimum absolute atomic E-state index is 0.156. The Morgan fingerprint density at radius 1 is 1.15 bits per heavy atom. The van der Waals surface area contributed by atoms with E-state index in [0.717, 1.165) is 17.0 Å². The highest BCUT2D eigenvalue weighted by Gasteiger charge is 2.31. The molecule has 1 aliphatic heterocycles. The van der Waals surface area contributed by atoms with Crippen molar-refractivity contribution in [3.8, 4) is 5.75 Å². The van der Waals surface area contributed by atoms with Gasteiger partial charge in [0.15, 0.2) is 0 Å². The number of carbonyl (C=O) groups is 2. The molecule has 0 saturated heterocycles. The van der Waals surface area contributed by atoms with Crippen LogP contribution in [-0.4, -0.2) is 30.5 Å². The number of hydrogen-bond donors (Lipinski definition) is 1. The van der Waals surface area contributed by atoms with E-state index in [-0.39, 0.29) is 18.2 Å². The number of alkyl halides is 3. The van der Waals surface area contributed by atoms with E-state index in [1.54, 1.807) is 23.9 Å². The van der Waals surface area contributed by atoms with Crippen LogP contribution in [0.1, 0.15) is 6.42 Å². The number of nitrogens with zero attached hydrogens (tertiary/aromatic N) is 1. The lowest BCUT2D eigenvalue weighted by atomic mass is 10.2. The molecule has 1 aliphatic rings. The van der Waals surface area contributed by atoms with Gasteiger partial charge in [0.05, 0.1) is 5.69 Å². The van der Waals surface area contributed by atoms with Gasteiger partial charge in [0, 0.05) is 22.8 Å². The second-order valence-electron chi connectivity index (χ2n) is 5.67. The second-order valence-corrected chi connectivity index (χ2v) is 6.80. The number of rotatable bonds is 4. The Bertz CT molecular complexity index is 840. The highest BCUT2D eigenvalue weighted by Crippen LogP contribution is 2.34. The van der Waals surface area contributed by atoms with Crippen molar-refractivity contribution in [3.63, 3.8) is 0 Å². The molecule has 0 spiro atoms. The van der Waals surface area contributed by atoms with Crippen LogP contribution in [0.5, 0.6) is 5.75 Å². The highest BCUT2D eigenvalue weighted by atomic mass is 32.2. The fraction of sp³-hybridized carbons (Fsp3) is 0.222. The van der Waals surface area contributed by atoms with Gasteiger partial charge < -0.3 is 15.0 Å². The third-order valence-electron chi connectivity index (χ3n) is 3.70. The number of anilines is 2. The molecule has 0 aromatic heterocycles. The molecule has 5 nitrogen and oxygen atoms in total. The molecule has 0 saturated carbocycles. The van der Waals surface area contributed by atoms with Gasteiger partial charge in [-0.3, -0.25) is 9.59 Å². The summed E-state index contributed by atoms with van der Waals surface area (Å²) in [6.45, 7) is -0.183. The maximum atomic E-state index is 12.4. The van der Waals surface area contributed by atoms with E-state index in [9.17, 15) is 22.8 Å². The van der Waals surface area contributed by atoms with Crippen LogP contribution in [0.4, 0.5) is 24.5 Å². The average molecular weight is 396 g/mol. The quantitative estimate of drug-likeness (QED) is 0.847. The van der Waals surface area contributed by atoms with Crippen LogP contribution in [0.25, 0.3) is 0 Å². The Hall–Kier alpha value is -2.68. The van der Waals surface area contributed by atoms with E-state index in [4.69, 9.17) is 0 Å². The molecule has 2 amide bonds. The van der Waals surface area contributed by atoms with Gasteiger partial charge in [-0.05, 0) is 36.4 Å². The molecule has 0 fully saturated rings. The summed E-state index contributed by atoms with van der Waals surface area (Å²) in [4.78, 5) is 27.0. The van der Waals surface area contributed by atoms with Crippen LogP contribution < -0.4 is 15.0 Å². The van der Waals surface area contributed by atoms with Crippen molar-refractivity contribution >= 4 is 35.0 Å². The standard InChI is InChI=1S/C18H15F3N2O3S/c19-18(20,21)26-13-7-5-12(6-8-13)22-16(24)11-23-14-3-1-2-4-15(14)27-10-9-17(23)25/h1-8H,9-11H2,(H,22,24). The third kappa shape index (κ3) is 5.16. The maximum absolute atomic E-state index is 12.4. The van der Waals surface area contributed by atoms with Crippen molar-refractivity contribution in [1.82, 2.24) is 0 Å². The fourth-order valence-corrected chi connectivity index (χ4v) is 3.57. The lowest BCUT2D eigenvalue weighted by molar-refractivity contribution is -0.274. The molecule has 1 heterocycles. The first kappa shape index (κ1) is 19.1. The molecule has 2 aromatic rings. The predicted molar refractivity (Wildman–Crippen MR) is 95.9 cm³/mol. The molecular formula is C18H15F3N2O3S. The van der Waals surface area contributed by atoms with E-state index in [2.05, 4.69) is 10.1 Å². The molecular weight excluding hydrogens is 381 g/mol. The van der Waals surface area contributed by atoms with Crippen LogP contribution in [0.15, 0.2) is 53.4 Å². The van der Waals surface area contributed by atoms with Gasteiger partial charge in [0.1, 0.15) is 12.3 Å². The zero-order valence-corrected chi connectivity index (χ0v) is 14.8. The number of thioether (sulfide) groups is 1. The molecule has 27 heavy (non-hydrogen) atoms. The van der Waals surface area contributed by atoms with Crippen molar-refractivity contribution in [1.29, 1.82) is 0 Å². The highest BCUT2D eigenvalue weighted by molar-refractivity contribution is 7.99. The van der Waals surface area contributed by atoms with Crippen LogP contribution in [0.2, 0.25) is 0 Å². The summed E-state index contributed by atoms with van der Waals surface area (Å²) in [5, 5.41) is 2.57. The number of carbonyl (C=O) groups excluding carboxylic acids is 2. The van der Waals surface area contributed by atoms with Gasteiger partial charge in [-0.2, -0.15) is 0 Å². The van der Waals surface area contributed by atoms with E-state index >= 15 is 0 Å². The monoisotopic (exact) mass is 396 g/mol. The first-order valence-electron chi connectivity index (χ1n) is 8.00. The van der Waals surface area contributed by atoms with Crippen LogP contribution in [0.3, 0.4) is 0 Å². The SMILES string of the molecule is O=C(CN1C(=O)CCSc2ccccc21)Nc1ccc(OC(F)(F)F)cc1. The molecule has 3 rings (SSSR count). The van der Waals surface area contributed by atoms with E-state index in [1.165, 1.54) is 17.0 Å². The molecule has 9 heteroatoms. The normalized spacial score (nSPS) is 14.3. The lowest BCUT2D eigenvalue weighted by Gasteiger charge is -2.22. The predicted octanol–water partition coefficient (Wildman–Crippen LogP) is 4.05. The van der Waals surface area contributed by atoms with Crippen molar-refractivity contribution in [3.05, 3.63) is 48.5 Å². The summed E-state index contributed by atoms with van der Waals surface area (Å²) in [7, 11) is 0. The Morgan fingerprint density at radius 3 is 2.56 bits per heavy atom. The minimum atomic E-state index is -4.77. The topological polar surface area (TPSA) is 58.6 Å². The summed E-state index contributed by atoms with van der Waals surface area (Å²) in [6.07, 6.45) is -4.46. The Balaban J connectivity index is 1.67. The number of fused-ring (bicyclic) bond motifs is 1. The van der Waals surface area contributed by atoms with Gasteiger partial charge in [-0.15, -0.1) is 24.9 Å². The van der Waals surface area contributed by atoms with Crippen molar-refractivity contribution in [2.24, 2.45) is 0 Å². The average Bonchev–Trinajstić information content (AvgIpc) is 2.75. The number of halogens is 3. The summed E-state index contributed by atoms with van der Waals surface area (Å²) >= 11 is 1.55. The number of ether oxygens (including phenoxy) is 1. The van der Waals surface area contributed by atoms with Crippen molar-refractivity contribution < 1.29 is 27.5 Å². The number of benzene rings is 2. The zero-order valence-electron chi connectivity index (χ0n) is 14.0. The smallest absolute Gasteiger partial charge is 0.406 e. The van der Waals surface area contributed by atoms with Gasteiger partial charge in [0.2, 0.25) is 11.8 Å². The Labute approximate surface area is 157 Å². The summed E-state index contributed by atoms with van der Waals surface area (Å²) < 4.78 is 40.3. The molecule has 0 bridgehead atoms. The maximum Gasteiger partial charge on any atom is 0.573 e.